The summed E-state index contributed by atoms with van der Waals surface area (Å²) in [7, 11) is 0. The number of hydrogen-bond acceptors (Lipinski definition) is 5. The van der Waals surface area contributed by atoms with Gasteiger partial charge in [-0.2, -0.15) is 5.10 Å². The predicted molar refractivity (Wildman–Crippen MR) is 92.2 cm³/mol. The Bertz CT molecular complexity index is 756. The Labute approximate surface area is 146 Å². The minimum Gasteiger partial charge on any atom is -0.444 e. The lowest BCUT2D eigenvalue weighted by molar-refractivity contribution is 0.0523. The second kappa shape index (κ2) is 7.98. The van der Waals surface area contributed by atoms with Crippen molar-refractivity contribution in [3.05, 3.63) is 52.2 Å². The van der Waals surface area contributed by atoms with E-state index in [-0.39, 0.29) is 18.8 Å². The summed E-state index contributed by atoms with van der Waals surface area (Å²) in [6.45, 7) is 6.25. The van der Waals surface area contributed by atoms with Crippen molar-refractivity contribution in [1.29, 1.82) is 0 Å². The van der Waals surface area contributed by atoms with Crippen LogP contribution < -0.4 is 11.0 Å². The molecular formula is C17H24N4O4. The molecule has 0 aliphatic heterocycles. The van der Waals surface area contributed by atoms with Crippen molar-refractivity contribution in [2.45, 2.75) is 46.0 Å². The summed E-state index contributed by atoms with van der Waals surface area (Å²) in [4.78, 5) is 23.6. The van der Waals surface area contributed by atoms with Crippen molar-refractivity contribution >= 4 is 6.09 Å². The Kier molecular flexibility index (Phi) is 5.97. The topological polar surface area (TPSA) is 98.4 Å². The van der Waals surface area contributed by atoms with Gasteiger partial charge in [-0.1, -0.05) is 24.3 Å². The van der Waals surface area contributed by atoms with E-state index in [0.29, 0.717) is 13.1 Å². The smallest absolute Gasteiger partial charge is 0.407 e. The molecule has 1 aromatic carbocycles. The second-order valence-corrected chi connectivity index (χ2v) is 6.66. The number of aliphatic hydroxyl groups excluding tert-OH is 1. The van der Waals surface area contributed by atoms with Crippen LogP contribution in [0.4, 0.5) is 4.79 Å². The van der Waals surface area contributed by atoms with Crippen LogP contribution in [0.2, 0.25) is 0 Å². The maximum atomic E-state index is 12.0. The molecule has 0 radical (unpaired) electrons. The first-order valence-corrected chi connectivity index (χ1v) is 8.06. The Morgan fingerprint density at radius 3 is 2.48 bits per heavy atom. The number of carbonyl (C=O) groups is 1. The van der Waals surface area contributed by atoms with E-state index in [1.165, 1.54) is 15.6 Å². The van der Waals surface area contributed by atoms with Crippen molar-refractivity contribution < 1.29 is 14.6 Å². The Balaban J connectivity index is 1.92. The fraction of sp³-hybridized carbons (Fsp3) is 0.471. The maximum absolute atomic E-state index is 12.0. The summed E-state index contributed by atoms with van der Waals surface area (Å²) in [6, 6.07) is 7.55. The normalized spacial score (nSPS) is 11.4. The zero-order chi connectivity index (χ0) is 18.4. The highest BCUT2D eigenvalue weighted by Crippen LogP contribution is 2.08. The van der Waals surface area contributed by atoms with Gasteiger partial charge in [-0.25, -0.2) is 14.3 Å². The number of nitrogens with one attached hydrogen (secondary N) is 1. The Morgan fingerprint density at radius 1 is 1.24 bits per heavy atom. The van der Waals surface area contributed by atoms with E-state index in [9.17, 15) is 9.59 Å². The van der Waals surface area contributed by atoms with Crippen molar-refractivity contribution in [3.63, 3.8) is 0 Å². The van der Waals surface area contributed by atoms with Crippen LogP contribution in [0.5, 0.6) is 0 Å². The van der Waals surface area contributed by atoms with Gasteiger partial charge in [0.05, 0.1) is 19.7 Å². The molecule has 0 atom stereocenters. The van der Waals surface area contributed by atoms with E-state index >= 15 is 0 Å². The molecule has 0 unspecified atom stereocenters. The first-order valence-electron chi connectivity index (χ1n) is 8.06. The molecule has 0 aliphatic rings. The predicted octanol–water partition coefficient (Wildman–Crippen LogP) is 1.11. The molecule has 0 spiro atoms. The number of amides is 1. The summed E-state index contributed by atoms with van der Waals surface area (Å²) in [6.07, 6.45) is 0.995. The SMILES string of the molecule is CC(C)(C)OC(=O)NCc1ccc(Cn2cnn(CCO)c2=O)cc1. The van der Waals surface area contributed by atoms with Gasteiger partial charge in [0.15, 0.2) is 0 Å². The average Bonchev–Trinajstić information content (AvgIpc) is 2.86. The first-order chi connectivity index (χ1) is 11.8. The van der Waals surface area contributed by atoms with Crippen LogP contribution >= 0.6 is 0 Å². The number of benzene rings is 1. The number of hydrogen-bond donors (Lipinski definition) is 2. The monoisotopic (exact) mass is 348 g/mol. The lowest BCUT2D eigenvalue weighted by Gasteiger charge is -2.19. The Hall–Kier alpha value is -2.61. The molecule has 1 aromatic heterocycles. The number of carbonyl (C=O) groups excluding carboxylic acids is 1. The third-order valence-electron chi connectivity index (χ3n) is 3.32. The van der Waals surface area contributed by atoms with E-state index < -0.39 is 11.7 Å². The average molecular weight is 348 g/mol. The van der Waals surface area contributed by atoms with Crippen LogP contribution in [-0.2, 0) is 24.4 Å². The van der Waals surface area contributed by atoms with Gasteiger partial charge in [-0.15, -0.1) is 0 Å². The van der Waals surface area contributed by atoms with Crippen molar-refractivity contribution in [3.8, 4) is 0 Å². The number of aliphatic hydroxyl groups is 1. The zero-order valence-corrected chi connectivity index (χ0v) is 14.7. The summed E-state index contributed by atoms with van der Waals surface area (Å²) in [5, 5.41) is 15.5. The molecule has 0 fully saturated rings. The highest BCUT2D eigenvalue weighted by molar-refractivity contribution is 5.67. The van der Waals surface area contributed by atoms with Gasteiger partial charge in [-0.05, 0) is 31.9 Å². The van der Waals surface area contributed by atoms with E-state index in [4.69, 9.17) is 9.84 Å². The quantitative estimate of drug-likeness (QED) is 0.815. The Morgan fingerprint density at radius 2 is 1.88 bits per heavy atom. The minimum absolute atomic E-state index is 0.129. The highest BCUT2D eigenvalue weighted by Gasteiger charge is 2.15. The molecule has 0 bridgehead atoms. The largest absolute Gasteiger partial charge is 0.444 e. The zero-order valence-electron chi connectivity index (χ0n) is 14.7. The number of rotatable bonds is 6. The molecule has 2 aromatic rings. The summed E-state index contributed by atoms with van der Waals surface area (Å²) < 4.78 is 7.88. The summed E-state index contributed by atoms with van der Waals surface area (Å²) in [5.74, 6) is 0. The molecule has 0 saturated carbocycles. The molecule has 0 aliphatic carbocycles. The van der Waals surface area contributed by atoms with E-state index in [0.717, 1.165) is 11.1 Å². The van der Waals surface area contributed by atoms with Gasteiger partial charge in [0.2, 0.25) is 0 Å². The number of aromatic nitrogens is 3. The maximum Gasteiger partial charge on any atom is 0.407 e. The van der Waals surface area contributed by atoms with E-state index in [1.54, 1.807) is 0 Å². The third-order valence-corrected chi connectivity index (χ3v) is 3.32. The van der Waals surface area contributed by atoms with E-state index in [2.05, 4.69) is 10.4 Å². The van der Waals surface area contributed by atoms with Gasteiger partial charge < -0.3 is 15.2 Å². The number of alkyl carbamates (subject to hydrolysis) is 1. The molecule has 8 nitrogen and oxygen atoms in total. The molecule has 25 heavy (non-hydrogen) atoms. The third kappa shape index (κ3) is 5.75. The van der Waals surface area contributed by atoms with Crippen LogP contribution in [0.3, 0.4) is 0 Å². The molecule has 8 heteroatoms. The lowest BCUT2D eigenvalue weighted by Crippen LogP contribution is -2.32. The van der Waals surface area contributed by atoms with Gasteiger partial charge in [0.25, 0.3) is 0 Å². The fourth-order valence-electron chi connectivity index (χ4n) is 2.18. The van der Waals surface area contributed by atoms with Crippen LogP contribution in [0, 0.1) is 0 Å². The van der Waals surface area contributed by atoms with Crippen LogP contribution in [0.1, 0.15) is 31.9 Å². The molecule has 1 amide bonds. The van der Waals surface area contributed by atoms with Gasteiger partial charge in [0, 0.05) is 6.54 Å². The summed E-state index contributed by atoms with van der Waals surface area (Å²) >= 11 is 0. The van der Waals surface area contributed by atoms with Crippen LogP contribution in [-0.4, -0.2) is 37.8 Å². The molecule has 1 heterocycles. The molecule has 0 saturated heterocycles. The van der Waals surface area contributed by atoms with Crippen molar-refractivity contribution in [2.24, 2.45) is 0 Å². The standard InChI is InChI=1S/C17H24N4O4/c1-17(2,3)25-15(23)18-10-13-4-6-14(7-5-13)11-20-12-19-21(8-9-22)16(20)24/h4-7,12,22H,8-11H2,1-3H3,(H,18,23). The van der Waals surface area contributed by atoms with Crippen molar-refractivity contribution in [2.75, 3.05) is 6.61 Å². The first kappa shape index (κ1) is 18.7. The van der Waals surface area contributed by atoms with Gasteiger partial charge in [-0.3, -0.25) is 4.57 Å². The van der Waals surface area contributed by atoms with Crippen molar-refractivity contribution in [1.82, 2.24) is 19.7 Å². The molecular weight excluding hydrogens is 324 g/mol. The van der Waals surface area contributed by atoms with Gasteiger partial charge in [0.1, 0.15) is 11.9 Å². The number of nitrogens with zero attached hydrogens (tertiary/aromatic N) is 3. The van der Waals surface area contributed by atoms with Gasteiger partial charge >= 0.3 is 11.8 Å². The minimum atomic E-state index is -0.526. The van der Waals surface area contributed by atoms with Crippen LogP contribution in [0.15, 0.2) is 35.4 Å². The summed E-state index contributed by atoms with van der Waals surface area (Å²) in [5.41, 5.74) is 1.08. The fourth-order valence-corrected chi connectivity index (χ4v) is 2.18. The molecule has 136 valence electrons. The van der Waals surface area contributed by atoms with Crippen LogP contribution in [0.25, 0.3) is 0 Å². The lowest BCUT2D eigenvalue weighted by atomic mass is 10.1. The van der Waals surface area contributed by atoms with E-state index in [1.807, 2.05) is 45.0 Å². The number of ether oxygens (including phenoxy) is 1. The molecule has 2 rings (SSSR count). The molecule has 2 N–H and O–H groups in total. The highest BCUT2D eigenvalue weighted by atomic mass is 16.6. The second-order valence-electron chi connectivity index (χ2n) is 6.66.